The van der Waals surface area contributed by atoms with Gasteiger partial charge < -0.3 is 15.4 Å². The van der Waals surface area contributed by atoms with Crippen LogP contribution < -0.4 is 15.4 Å². The van der Waals surface area contributed by atoms with Crippen molar-refractivity contribution < 1.29 is 17.9 Å². The summed E-state index contributed by atoms with van der Waals surface area (Å²) in [5.74, 6) is 0.461. The first-order chi connectivity index (χ1) is 10.8. The maximum Gasteiger partial charge on any atom is 0.418 e. The van der Waals surface area contributed by atoms with Gasteiger partial charge in [-0.05, 0) is 42.5 Å². The maximum absolute atomic E-state index is 13.0. The predicted octanol–water partition coefficient (Wildman–Crippen LogP) is 5.18. The molecule has 2 aromatic carbocycles. The zero-order valence-corrected chi connectivity index (χ0v) is 13.4. The van der Waals surface area contributed by atoms with E-state index in [9.17, 15) is 13.2 Å². The Balaban J connectivity index is 2.20. The smallest absolute Gasteiger partial charge is 0.418 e. The number of methoxy groups -OCH3 is 1. The van der Waals surface area contributed by atoms with Gasteiger partial charge in [0, 0.05) is 5.02 Å². The van der Waals surface area contributed by atoms with Crippen LogP contribution in [0.5, 0.6) is 5.75 Å². The van der Waals surface area contributed by atoms with Gasteiger partial charge in [-0.3, -0.25) is 0 Å². The SMILES string of the molecule is COc1ccc(Cl)cc1NC(=S)Nc1ccccc1C(F)(F)F. The number of anilines is 2. The quantitative estimate of drug-likeness (QED) is 0.739. The van der Waals surface area contributed by atoms with E-state index in [4.69, 9.17) is 28.6 Å². The van der Waals surface area contributed by atoms with Crippen LogP contribution in [0.2, 0.25) is 5.02 Å². The topological polar surface area (TPSA) is 33.3 Å². The van der Waals surface area contributed by atoms with Crippen LogP contribution in [-0.2, 0) is 6.18 Å². The highest BCUT2D eigenvalue weighted by molar-refractivity contribution is 7.80. The fourth-order valence-electron chi connectivity index (χ4n) is 1.89. The Kier molecular flexibility index (Phi) is 5.33. The molecule has 2 N–H and O–H groups in total. The minimum absolute atomic E-state index is 0.0118. The minimum Gasteiger partial charge on any atom is -0.495 e. The van der Waals surface area contributed by atoms with Gasteiger partial charge in [-0.25, -0.2) is 0 Å². The number of nitrogens with one attached hydrogen (secondary N) is 2. The summed E-state index contributed by atoms with van der Waals surface area (Å²) < 4.78 is 44.0. The predicted molar refractivity (Wildman–Crippen MR) is 89.3 cm³/mol. The van der Waals surface area contributed by atoms with Gasteiger partial charge in [-0.15, -0.1) is 0 Å². The van der Waals surface area contributed by atoms with E-state index in [2.05, 4.69) is 10.6 Å². The van der Waals surface area contributed by atoms with Gasteiger partial charge in [0.05, 0.1) is 24.0 Å². The summed E-state index contributed by atoms with van der Waals surface area (Å²) in [5, 5.41) is 5.74. The Morgan fingerprint density at radius 3 is 2.39 bits per heavy atom. The molecule has 0 radical (unpaired) electrons. The van der Waals surface area contributed by atoms with E-state index < -0.39 is 11.7 Å². The summed E-state index contributed by atoms with van der Waals surface area (Å²) in [6.45, 7) is 0. The molecule has 0 aliphatic rings. The van der Waals surface area contributed by atoms with Crippen molar-refractivity contribution in [1.29, 1.82) is 0 Å². The number of rotatable bonds is 3. The van der Waals surface area contributed by atoms with Crippen LogP contribution in [0.15, 0.2) is 42.5 Å². The largest absolute Gasteiger partial charge is 0.495 e. The summed E-state index contributed by atoms with van der Waals surface area (Å²) in [4.78, 5) is 0. The molecule has 2 aromatic rings. The first kappa shape index (κ1) is 17.4. The van der Waals surface area contributed by atoms with Crippen LogP contribution in [0.25, 0.3) is 0 Å². The molecule has 2 rings (SSSR count). The number of hydrogen-bond donors (Lipinski definition) is 2. The molecule has 0 unspecified atom stereocenters. The lowest BCUT2D eigenvalue weighted by Crippen LogP contribution is -2.21. The van der Waals surface area contributed by atoms with Crippen LogP contribution in [0.1, 0.15) is 5.56 Å². The number of thiocarbonyl (C=S) groups is 1. The summed E-state index contributed by atoms with van der Waals surface area (Å²) >= 11 is 11.0. The second-order valence-electron chi connectivity index (χ2n) is 4.47. The molecular weight excluding hydrogens is 349 g/mol. The fourth-order valence-corrected chi connectivity index (χ4v) is 2.29. The molecule has 0 atom stereocenters. The summed E-state index contributed by atoms with van der Waals surface area (Å²) in [7, 11) is 1.46. The van der Waals surface area contributed by atoms with Gasteiger partial charge in [0.25, 0.3) is 0 Å². The average molecular weight is 361 g/mol. The van der Waals surface area contributed by atoms with E-state index in [0.717, 1.165) is 6.07 Å². The molecule has 3 nitrogen and oxygen atoms in total. The molecule has 0 heterocycles. The van der Waals surface area contributed by atoms with Crippen LogP contribution in [0.3, 0.4) is 0 Å². The third-order valence-corrected chi connectivity index (χ3v) is 3.33. The Labute approximate surface area is 141 Å². The second kappa shape index (κ2) is 7.06. The third kappa shape index (κ3) is 4.49. The van der Waals surface area contributed by atoms with Crippen molar-refractivity contribution in [3.05, 3.63) is 53.1 Å². The lowest BCUT2D eigenvalue weighted by atomic mass is 10.1. The van der Waals surface area contributed by atoms with Crippen molar-refractivity contribution in [3.63, 3.8) is 0 Å². The van der Waals surface area contributed by atoms with Gasteiger partial charge in [-0.1, -0.05) is 23.7 Å². The maximum atomic E-state index is 13.0. The zero-order valence-electron chi connectivity index (χ0n) is 11.9. The second-order valence-corrected chi connectivity index (χ2v) is 5.31. The molecule has 8 heteroatoms. The van der Waals surface area contributed by atoms with Crippen LogP contribution in [0, 0.1) is 0 Å². The molecule has 23 heavy (non-hydrogen) atoms. The molecule has 0 aliphatic carbocycles. The van der Waals surface area contributed by atoms with Gasteiger partial charge in [0.2, 0.25) is 0 Å². The van der Waals surface area contributed by atoms with Crippen LogP contribution in [0.4, 0.5) is 24.5 Å². The van der Waals surface area contributed by atoms with E-state index in [-0.39, 0.29) is 10.8 Å². The lowest BCUT2D eigenvalue weighted by molar-refractivity contribution is -0.136. The molecule has 0 amide bonds. The van der Waals surface area contributed by atoms with Crippen molar-refractivity contribution in [1.82, 2.24) is 0 Å². The molecule has 0 fully saturated rings. The van der Waals surface area contributed by atoms with Gasteiger partial charge >= 0.3 is 6.18 Å². The number of ether oxygens (including phenoxy) is 1. The van der Waals surface area contributed by atoms with Crippen molar-refractivity contribution in [2.45, 2.75) is 6.18 Å². The van der Waals surface area contributed by atoms with Gasteiger partial charge in [0.1, 0.15) is 5.75 Å². The Morgan fingerprint density at radius 1 is 1.09 bits per heavy atom. The number of hydrogen-bond acceptors (Lipinski definition) is 2. The number of alkyl halides is 3. The van der Waals surface area contributed by atoms with Crippen molar-refractivity contribution in [2.75, 3.05) is 17.7 Å². The van der Waals surface area contributed by atoms with Gasteiger partial charge in [0.15, 0.2) is 5.11 Å². The van der Waals surface area contributed by atoms with Crippen molar-refractivity contribution in [2.24, 2.45) is 0 Å². The summed E-state index contributed by atoms with van der Waals surface area (Å²) in [6.07, 6.45) is -4.48. The van der Waals surface area contributed by atoms with E-state index in [1.165, 1.54) is 25.3 Å². The highest BCUT2D eigenvalue weighted by Gasteiger charge is 2.33. The molecular formula is C15H12ClF3N2OS. The van der Waals surface area contributed by atoms with Crippen molar-refractivity contribution in [3.8, 4) is 5.75 Å². The highest BCUT2D eigenvalue weighted by atomic mass is 35.5. The fraction of sp³-hybridized carbons (Fsp3) is 0.133. The summed E-state index contributed by atoms with van der Waals surface area (Å²) in [5.41, 5.74) is -0.498. The Hall–Kier alpha value is -1.99. The number of para-hydroxylation sites is 1. The first-order valence-electron chi connectivity index (χ1n) is 6.39. The standard InChI is InChI=1S/C15H12ClF3N2OS/c1-22-13-7-6-9(16)8-12(13)21-14(23)20-11-5-3-2-4-10(11)15(17,18)19/h2-8H,1H3,(H2,20,21,23). The summed E-state index contributed by atoms with van der Waals surface area (Å²) in [6, 6.07) is 9.88. The third-order valence-electron chi connectivity index (χ3n) is 2.89. The van der Waals surface area contributed by atoms with Crippen molar-refractivity contribution >= 4 is 40.3 Å². The van der Waals surface area contributed by atoms with E-state index in [1.807, 2.05) is 0 Å². The molecule has 122 valence electrons. The molecule has 0 spiro atoms. The minimum atomic E-state index is -4.48. The van der Waals surface area contributed by atoms with Crippen LogP contribution in [-0.4, -0.2) is 12.2 Å². The monoisotopic (exact) mass is 360 g/mol. The van der Waals surface area contributed by atoms with E-state index in [1.54, 1.807) is 18.2 Å². The van der Waals surface area contributed by atoms with Crippen LogP contribution >= 0.6 is 23.8 Å². The number of halogens is 4. The molecule has 0 bridgehead atoms. The Bertz CT molecular complexity index is 722. The Morgan fingerprint density at radius 2 is 1.74 bits per heavy atom. The first-order valence-corrected chi connectivity index (χ1v) is 7.17. The molecule has 0 aliphatic heterocycles. The molecule has 0 saturated carbocycles. The number of benzene rings is 2. The zero-order chi connectivity index (χ0) is 17.0. The van der Waals surface area contributed by atoms with Gasteiger partial charge in [-0.2, -0.15) is 13.2 Å². The molecule has 0 aromatic heterocycles. The molecule has 0 saturated heterocycles. The normalized spacial score (nSPS) is 11.0. The highest BCUT2D eigenvalue weighted by Crippen LogP contribution is 2.35. The average Bonchev–Trinajstić information content (AvgIpc) is 2.47. The van der Waals surface area contributed by atoms with E-state index in [0.29, 0.717) is 16.5 Å². The van der Waals surface area contributed by atoms with E-state index >= 15 is 0 Å². The lowest BCUT2D eigenvalue weighted by Gasteiger charge is -2.17.